The van der Waals surface area contributed by atoms with Crippen LogP contribution in [0.4, 0.5) is 0 Å². The second-order valence-electron chi connectivity index (χ2n) is 11.2. The van der Waals surface area contributed by atoms with E-state index in [2.05, 4.69) is 0 Å². The third kappa shape index (κ3) is 7.48. The predicted octanol–water partition coefficient (Wildman–Crippen LogP) is -6.62. The first-order valence-electron chi connectivity index (χ1n) is 14.3. The summed E-state index contributed by atoms with van der Waals surface area (Å²) in [5.41, 5.74) is 0. The third-order valence-corrected chi connectivity index (χ3v) is 8.11. The number of aliphatic hydroxyl groups excluding tert-OH is 11. The lowest BCUT2D eigenvalue weighted by Gasteiger charge is -2.49. The van der Waals surface area contributed by atoms with Gasteiger partial charge >= 0.3 is 0 Å². The van der Waals surface area contributed by atoms with Crippen LogP contribution in [0.3, 0.4) is 0 Å². The van der Waals surface area contributed by atoms with Crippen LogP contribution in [-0.2, 0) is 33.2 Å². The maximum atomic E-state index is 11.2. The lowest BCUT2D eigenvalue weighted by atomic mass is 9.91. The molecular formula is C25H44O18. The minimum atomic E-state index is -1.88. The zero-order chi connectivity index (χ0) is 31.6. The SMILES string of the molecule is CCCC1OC(CO)C(OC2OC(CO)C(O)C(OC3OCC(O)C(O)C3O)C2O)C(OC2OCC(O)C(O)C2O)C1O. The number of hydrogen-bond donors (Lipinski definition) is 11. The summed E-state index contributed by atoms with van der Waals surface area (Å²) in [6.45, 7) is -0.486. The van der Waals surface area contributed by atoms with Gasteiger partial charge in [0.05, 0.1) is 32.5 Å². The van der Waals surface area contributed by atoms with Crippen molar-refractivity contribution in [2.75, 3.05) is 26.4 Å². The Balaban J connectivity index is 1.57. The van der Waals surface area contributed by atoms with E-state index >= 15 is 0 Å². The second-order valence-corrected chi connectivity index (χ2v) is 11.2. The molecule has 4 fully saturated rings. The first kappa shape index (κ1) is 35.1. The van der Waals surface area contributed by atoms with Crippen molar-refractivity contribution < 1.29 is 89.3 Å². The first-order valence-corrected chi connectivity index (χ1v) is 14.3. The monoisotopic (exact) mass is 632 g/mol. The molecule has 18 atom stereocenters. The Morgan fingerprint density at radius 1 is 0.512 bits per heavy atom. The molecule has 4 saturated heterocycles. The van der Waals surface area contributed by atoms with Gasteiger partial charge in [-0.25, -0.2) is 0 Å². The van der Waals surface area contributed by atoms with Crippen molar-refractivity contribution in [2.45, 2.75) is 130 Å². The van der Waals surface area contributed by atoms with Gasteiger partial charge in [-0.1, -0.05) is 13.3 Å². The molecule has 4 heterocycles. The van der Waals surface area contributed by atoms with E-state index in [-0.39, 0.29) is 0 Å². The van der Waals surface area contributed by atoms with E-state index in [1.807, 2.05) is 6.92 Å². The molecule has 4 aliphatic rings. The van der Waals surface area contributed by atoms with E-state index < -0.39 is 137 Å². The summed E-state index contributed by atoms with van der Waals surface area (Å²) in [6.07, 6.45) is -26.8. The van der Waals surface area contributed by atoms with Crippen LogP contribution in [0.1, 0.15) is 19.8 Å². The minimum Gasteiger partial charge on any atom is -0.394 e. The van der Waals surface area contributed by atoms with Gasteiger partial charge in [0.15, 0.2) is 18.9 Å². The van der Waals surface area contributed by atoms with E-state index in [0.717, 1.165) is 0 Å². The molecule has 0 radical (unpaired) electrons. The molecule has 18 nitrogen and oxygen atoms in total. The maximum Gasteiger partial charge on any atom is 0.187 e. The summed E-state index contributed by atoms with van der Waals surface area (Å²) < 4.78 is 39.3. The lowest BCUT2D eigenvalue weighted by Crippen LogP contribution is -2.67. The highest BCUT2D eigenvalue weighted by molar-refractivity contribution is 4.98. The van der Waals surface area contributed by atoms with Gasteiger partial charge in [0.1, 0.15) is 85.5 Å². The smallest absolute Gasteiger partial charge is 0.187 e. The summed E-state index contributed by atoms with van der Waals surface area (Å²) in [6, 6.07) is 0. The Kier molecular flexibility index (Phi) is 12.5. The molecule has 11 N–H and O–H groups in total. The molecule has 0 spiro atoms. The Morgan fingerprint density at radius 2 is 1.00 bits per heavy atom. The van der Waals surface area contributed by atoms with Crippen molar-refractivity contribution in [2.24, 2.45) is 0 Å². The minimum absolute atomic E-state index is 0.321. The summed E-state index contributed by atoms with van der Waals surface area (Å²) in [5.74, 6) is 0. The van der Waals surface area contributed by atoms with Gasteiger partial charge in [-0.3, -0.25) is 0 Å². The van der Waals surface area contributed by atoms with Crippen LogP contribution in [0, 0.1) is 0 Å². The molecule has 18 unspecified atom stereocenters. The predicted molar refractivity (Wildman–Crippen MR) is 135 cm³/mol. The van der Waals surface area contributed by atoms with E-state index in [9.17, 15) is 56.2 Å². The standard InChI is InChI=1S/C25H44O18/c1-2-3-10-15(32)22(43-24-18(35)14(31)9(29)7-38-24)20(12(5-27)39-10)41-25-19(36)21(16(33)11(4-26)40-25)42-23-17(34)13(30)8(28)6-37-23/h8-36H,2-7H2,1H3. The molecule has 0 aromatic rings. The molecule has 0 amide bonds. The number of ether oxygens (including phenoxy) is 7. The molecule has 4 aliphatic heterocycles. The van der Waals surface area contributed by atoms with Crippen LogP contribution < -0.4 is 0 Å². The molecule has 0 aromatic heterocycles. The van der Waals surface area contributed by atoms with Crippen LogP contribution in [-0.4, -0.2) is 193 Å². The van der Waals surface area contributed by atoms with Crippen molar-refractivity contribution >= 4 is 0 Å². The van der Waals surface area contributed by atoms with Crippen LogP contribution in [0.2, 0.25) is 0 Å². The Hall–Kier alpha value is -0.720. The molecule has 0 aromatic carbocycles. The molecule has 0 aliphatic carbocycles. The van der Waals surface area contributed by atoms with Gasteiger partial charge in [0.25, 0.3) is 0 Å². The van der Waals surface area contributed by atoms with Gasteiger partial charge in [0.2, 0.25) is 0 Å². The van der Waals surface area contributed by atoms with Crippen molar-refractivity contribution in [1.29, 1.82) is 0 Å². The van der Waals surface area contributed by atoms with Gasteiger partial charge in [0, 0.05) is 0 Å². The van der Waals surface area contributed by atoms with E-state index in [4.69, 9.17) is 33.2 Å². The summed E-state index contributed by atoms with van der Waals surface area (Å²) >= 11 is 0. The van der Waals surface area contributed by atoms with E-state index in [0.29, 0.717) is 12.8 Å². The summed E-state index contributed by atoms with van der Waals surface area (Å²) in [5, 5.41) is 113. The largest absolute Gasteiger partial charge is 0.394 e. The highest BCUT2D eigenvalue weighted by Gasteiger charge is 2.54. The topological polar surface area (TPSA) is 287 Å². The Morgan fingerprint density at radius 3 is 1.51 bits per heavy atom. The van der Waals surface area contributed by atoms with Crippen LogP contribution in [0.5, 0.6) is 0 Å². The molecule has 43 heavy (non-hydrogen) atoms. The van der Waals surface area contributed by atoms with Crippen LogP contribution in [0.15, 0.2) is 0 Å². The molecule has 4 rings (SSSR count). The fraction of sp³-hybridized carbons (Fsp3) is 1.00. The zero-order valence-corrected chi connectivity index (χ0v) is 23.4. The number of aliphatic hydroxyl groups is 11. The van der Waals surface area contributed by atoms with Gasteiger partial charge in [-0.05, 0) is 6.42 Å². The number of hydrogen-bond acceptors (Lipinski definition) is 18. The van der Waals surface area contributed by atoms with Gasteiger partial charge in [-0.15, -0.1) is 0 Å². The van der Waals surface area contributed by atoms with Crippen LogP contribution in [0.25, 0.3) is 0 Å². The molecule has 0 bridgehead atoms. The average molecular weight is 633 g/mol. The Bertz CT molecular complexity index is 855. The van der Waals surface area contributed by atoms with E-state index in [1.165, 1.54) is 0 Å². The van der Waals surface area contributed by atoms with Crippen molar-refractivity contribution in [3.05, 3.63) is 0 Å². The molecule has 18 heteroatoms. The fourth-order valence-corrected chi connectivity index (χ4v) is 5.58. The van der Waals surface area contributed by atoms with Gasteiger partial charge in [-0.2, -0.15) is 0 Å². The zero-order valence-electron chi connectivity index (χ0n) is 23.4. The first-order chi connectivity index (χ1) is 20.4. The number of rotatable bonds is 10. The van der Waals surface area contributed by atoms with Gasteiger partial charge < -0.3 is 89.3 Å². The van der Waals surface area contributed by atoms with Crippen LogP contribution >= 0.6 is 0 Å². The molecule has 0 saturated carbocycles. The third-order valence-electron chi connectivity index (χ3n) is 8.11. The highest BCUT2D eigenvalue weighted by atomic mass is 16.8. The van der Waals surface area contributed by atoms with Crippen molar-refractivity contribution in [3.63, 3.8) is 0 Å². The normalized spacial score (nSPS) is 51.3. The highest BCUT2D eigenvalue weighted by Crippen LogP contribution is 2.35. The molecule has 252 valence electrons. The summed E-state index contributed by atoms with van der Waals surface area (Å²) in [7, 11) is 0. The van der Waals surface area contributed by atoms with Crippen molar-refractivity contribution in [3.8, 4) is 0 Å². The lowest BCUT2D eigenvalue weighted by molar-refractivity contribution is -0.378. The maximum absolute atomic E-state index is 11.2. The second kappa shape index (κ2) is 15.2. The van der Waals surface area contributed by atoms with E-state index in [1.54, 1.807) is 0 Å². The quantitative estimate of drug-likeness (QED) is 0.107. The average Bonchev–Trinajstić information content (AvgIpc) is 2.99. The van der Waals surface area contributed by atoms with Crippen molar-refractivity contribution in [1.82, 2.24) is 0 Å². The Labute approximate surface area is 246 Å². The molecular weight excluding hydrogens is 588 g/mol. The fourth-order valence-electron chi connectivity index (χ4n) is 5.58. The summed E-state index contributed by atoms with van der Waals surface area (Å²) in [4.78, 5) is 0.